The molecule has 0 amide bonds. The summed E-state index contributed by atoms with van der Waals surface area (Å²) in [5.41, 5.74) is 7.61. The number of carbonyl (C=O) groups is 1. The highest BCUT2D eigenvalue weighted by molar-refractivity contribution is 6.40. The van der Waals surface area contributed by atoms with E-state index in [1.165, 1.54) is 6.07 Å². The lowest BCUT2D eigenvalue weighted by Gasteiger charge is -2.07. The molecule has 3 rings (SSSR count). The predicted octanol–water partition coefficient (Wildman–Crippen LogP) is 4.37. The topological polar surface area (TPSA) is 82.5 Å². The van der Waals surface area contributed by atoms with Crippen molar-refractivity contribution in [2.75, 3.05) is 0 Å². The number of hydrogen-bond acceptors (Lipinski definition) is 4. The molecule has 0 radical (unpaired) electrons. The van der Waals surface area contributed by atoms with Gasteiger partial charge in [-0.2, -0.15) is 0 Å². The van der Waals surface area contributed by atoms with Crippen LogP contribution in [0.2, 0.25) is 15.3 Å². The Hall–Kier alpha value is -2.54. The number of nitrogens with zero attached hydrogens (tertiary/aromatic N) is 3. The van der Waals surface area contributed by atoms with E-state index in [0.29, 0.717) is 17.3 Å². The van der Waals surface area contributed by atoms with E-state index in [1.807, 2.05) is 6.07 Å². The van der Waals surface area contributed by atoms with Crippen molar-refractivity contribution in [3.63, 3.8) is 0 Å². The van der Waals surface area contributed by atoms with Crippen LogP contribution in [0.4, 0.5) is 0 Å². The van der Waals surface area contributed by atoms with Gasteiger partial charge >= 0.3 is 5.97 Å². The van der Waals surface area contributed by atoms with Crippen molar-refractivity contribution in [2.24, 2.45) is 10.9 Å². The lowest BCUT2D eigenvalue weighted by Crippen LogP contribution is -2.16. The van der Waals surface area contributed by atoms with Gasteiger partial charge in [0.05, 0.1) is 16.9 Å². The van der Waals surface area contributed by atoms with Gasteiger partial charge in [-0.1, -0.05) is 70.3 Å². The van der Waals surface area contributed by atoms with Gasteiger partial charge in [-0.25, -0.2) is 9.78 Å². The number of oxime groups is 1. The summed E-state index contributed by atoms with van der Waals surface area (Å²) in [5, 5.41) is 4.56. The van der Waals surface area contributed by atoms with Gasteiger partial charge in [-0.15, -0.1) is 0 Å². The highest BCUT2D eigenvalue weighted by Crippen LogP contribution is 2.21. The van der Waals surface area contributed by atoms with Gasteiger partial charge < -0.3 is 15.1 Å². The fraction of sp³-hybridized carbons (Fsp3) is 0.0556. The molecule has 0 spiro atoms. The van der Waals surface area contributed by atoms with Crippen LogP contribution >= 0.6 is 34.8 Å². The van der Waals surface area contributed by atoms with E-state index in [0.717, 1.165) is 5.56 Å². The summed E-state index contributed by atoms with van der Waals surface area (Å²) >= 11 is 17.9. The highest BCUT2D eigenvalue weighted by Gasteiger charge is 2.12. The van der Waals surface area contributed by atoms with Crippen LogP contribution in [0.15, 0.2) is 60.0 Å². The largest absolute Gasteiger partial charge is 0.380 e. The van der Waals surface area contributed by atoms with Crippen LogP contribution in [0, 0.1) is 0 Å². The molecule has 1 heterocycles. The third-order valence-corrected chi connectivity index (χ3v) is 4.73. The minimum atomic E-state index is -0.695. The molecule has 0 saturated heterocycles. The molecular weight excluding hydrogens is 411 g/mol. The molecular formula is C18H13Cl3N4O2. The number of nitrogens with two attached hydrogens (primary N) is 1. The molecule has 27 heavy (non-hydrogen) atoms. The van der Waals surface area contributed by atoms with Crippen LogP contribution in [0.25, 0.3) is 0 Å². The summed E-state index contributed by atoms with van der Waals surface area (Å²) in [5.74, 6) is -0.647. The quantitative estimate of drug-likeness (QED) is 0.286. The van der Waals surface area contributed by atoms with E-state index in [4.69, 9.17) is 45.4 Å². The third kappa shape index (κ3) is 4.60. The van der Waals surface area contributed by atoms with E-state index in [-0.39, 0.29) is 21.6 Å². The monoisotopic (exact) mass is 422 g/mol. The SMILES string of the molecule is NC(=NOC(=O)c1ccccc1Cl)c1cccc(Cn2cnc(Cl)c2Cl)c1. The van der Waals surface area contributed by atoms with Gasteiger partial charge in [0.2, 0.25) is 0 Å². The minimum absolute atomic E-state index is 0.0482. The molecule has 0 bridgehead atoms. The summed E-state index contributed by atoms with van der Waals surface area (Å²) in [6.45, 7) is 0.444. The number of hydrogen-bond donors (Lipinski definition) is 1. The standard InChI is InChI=1S/C18H13Cl3N4O2/c19-14-7-2-1-6-13(14)18(26)27-24-17(22)12-5-3-4-11(8-12)9-25-10-23-15(20)16(25)21/h1-8,10H,9H2,(H2,22,24). The van der Waals surface area contributed by atoms with Gasteiger partial charge in [0, 0.05) is 12.1 Å². The van der Waals surface area contributed by atoms with E-state index in [9.17, 15) is 4.79 Å². The molecule has 0 atom stereocenters. The van der Waals surface area contributed by atoms with Crippen LogP contribution in [0.3, 0.4) is 0 Å². The first kappa shape index (κ1) is 19.2. The molecule has 6 nitrogen and oxygen atoms in total. The number of rotatable bonds is 5. The molecule has 0 saturated carbocycles. The summed E-state index contributed by atoms with van der Waals surface area (Å²) < 4.78 is 1.69. The van der Waals surface area contributed by atoms with Crippen molar-refractivity contribution >= 4 is 46.6 Å². The van der Waals surface area contributed by atoms with E-state index < -0.39 is 5.97 Å². The normalized spacial score (nSPS) is 11.4. The fourth-order valence-corrected chi connectivity index (χ4v) is 2.82. The molecule has 1 aromatic heterocycles. The Morgan fingerprint density at radius 3 is 2.63 bits per heavy atom. The van der Waals surface area contributed by atoms with Gasteiger partial charge in [-0.05, 0) is 23.8 Å². The fourth-order valence-electron chi connectivity index (χ4n) is 2.30. The zero-order chi connectivity index (χ0) is 19.4. The maximum atomic E-state index is 12.0. The Morgan fingerprint density at radius 2 is 1.93 bits per heavy atom. The van der Waals surface area contributed by atoms with Crippen molar-refractivity contribution in [3.05, 3.63) is 86.9 Å². The van der Waals surface area contributed by atoms with Crippen LogP contribution in [-0.2, 0) is 11.4 Å². The van der Waals surface area contributed by atoms with Crippen molar-refractivity contribution in [1.82, 2.24) is 9.55 Å². The summed E-state index contributed by atoms with van der Waals surface area (Å²) in [7, 11) is 0. The molecule has 0 aliphatic carbocycles. The maximum Gasteiger partial charge on any atom is 0.367 e. The number of halogens is 3. The van der Waals surface area contributed by atoms with Gasteiger partial charge in [0.15, 0.2) is 11.0 Å². The zero-order valence-electron chi connectivity index (χ0n) is 13.8. The van der Waals surface area contributed by atoms with Crippen LogP contribution in [0.5, 0.6) is 0 Å². The van der Waals surface area contributed by atoms with Gasteiger partial charge in [-0.3, -0.25) is 0 Å². The lowest BCUT2D eigenvalue weighted by molar-refractivity contribution is 0.0516. The molecule has 0 aliphatic rings. The lowest BCUT2D eigenvalue weighted by atomic mass is 10.1. The van der Waals surface area contributed by atoms with Crippen molar-refractivity contribution in [1.29, 1.82) is 0 Å². The van der Waals surface area contributed by atoms with Crippen molar-refractivity contribution in [3.8, 4) is 0 Å². The van der Waals surface area contributed by atoms with Crippen LogP contribution in [-0.4, -0.2) is 21.4 Å². The van der Waals surface area contributed by atoms with Crippen LogP contribution < -0.4 is 5.73 Å². The Kier molecular flexibility index (Phi) is 6.01. The molecule has 0 unspecified atom stereocenters. The average Bonchev–Trinajstić information content (AvgIpc) is 2.98. The van der Waals surface area contributed by atoms with Crippen molar-refractivity contribution < 1.29 is 9.63 Å². The second-order valence-electron chi connectivity index (χ2n) is 5.49. The Morgan fingerprint density at radius 1 is 1.15 bits per heavy atom. The second kappa shape index (κ2) is 8.43. The molecule has 0 fully saturated rings. The number of amidine groups is 1. The highest BCUT2D eigenvalue weighted by atomic mass is 35.5. The molecule has 0 aliphatic heterocycles. The van der Waals surface area contributed by atoms with E-state index in [1.54, 1.807) is 47.3 Å². The number of carbonyl (C=O) groups excluding carboxylic acids is 1. The first-order valence-corrected chi connectivity index (χ1v) is 8.84. The summed E-state index contributed by atoms with van der Waals surface area (Å²) in [6, 6.07) is 13.7. The average molecular weight is 424 g/mol. The molecule has 2 aromatic carbocycles. The Bertz CT molecular complexity index is 1020. The molecule has 2 N–H and O–H groups in total. The number of imidazole rings is 1. The van der Waals surface area contributed by atoms with Crippen molar-refractivity contribution in [2.45, 2.75) is 6.54 Å². The van der Waals surface area contributed by atoms with E-state index in [2.05, 4.69) is 10.1 Å². The summed E-state index contributed by atoms with van der Waals surface area (Å²) in [4.78, 5) is 20.9. The molecule has 138 valence electrons. The molecule has 3 aromatic rings. The van der Waals surface area contributed by atoms with Crippen LogP contribution in [0.1, 0.15) is 21.5 Å². The predicted molar refractivity (Wildman–Crippen MR) is 105 cm³/mol. The summed E-state index contributed by atoms with van der Waals surface area (Å²) in [6.07, 6.45) is 1.54. The first-order chi connectivity index (χ1) is 13.0. The Labute approximate surface area is 170 Å². The Balaban J connectivity index is 1.74. The van der Waals surface area contributed by atoms with Gasteiger partial charge in [0.25, 0.3) is 0 Å². The number of aromatic nitrogens is 2. The van der Waals surface area contributed by atoms with E-state index >= 15 is 0 Å². The first-order valence-electron chi connectivity index (χ1n) is 7.70. The zero-order valence-corrected chi connectivity index (χ0v) is 16.0. The maximum absolute atomic E-state index is 12.0. The van der Waals surface area contributed by atoms with Gasteiger partial charge in [0.1, 0.15) is 5.15 Å². The molecule has 9 heteroatoms. The second-order valence-corrected chi connectivity index (χ2v) is 6.61. The smallest absolute Gasteiger partial charge is 0.367 e. The minimum Gasteiger partial charge on any atom is -0.380 e. The third-order valence-electron chi connectivity index (χ3n) is 3.63. The number of benzene rings is 2.